The van der Waals surface area contributed by atoms with E-state index in [-0.39, 0.29) is 11.9 Å². The molecule has 0 spiro atoms. The van der Waals surface area contributed by atoms with Crippen LogP contribution < -0.4 is 5.32 Å². The number of benzene rings is 1. The average molecular weight is 278 g/mol. The van der Waals surface area contributed by atoms with Crippen molar-refractivity contribution in [2.24, 2.45) is 0 Å². The first-order chi connectivity index (χ1) is 9.68. The predicted octanol–water partition coefficient (Wildman–Crippen LogP) is 3.74. The van der Waals surface area contributed by atoms with E-state index in [9.17, 15) is 4.39 Å². The van der Waals surface area contributed by atoms with E-state index in [0.29, 0.717) is 0 Å². The Hall–Kier alpha value is -0.930. The van der Waals surface area contributed by atoms with Gasteiger partial charge in [-0.25, -0.2) is 4.39 Å². The quantitative estimate of drug-likeness (QED) is 0.764. The maximum absolute atomic E-state index is 13.8. The Balaban J connectivity index is 1.71. The molecule has 1 N–H and O–H groups in total. The molecule has 20 heavy (non-hydrogen) atoms. The Labute approximate surface area is 122 Å². The standard InChI is InChI=1S/C17H27FN2/c1-14(16-10-5-6-11-17(16)18)20(2)13-7-12-19-15-8-3-4-9-15/h5-6,10-11,14-15,19H,3-4,7-9,12-13H2,1-2H3. The summed E-state index contributed by atoms with van der Waals surface area (Å²) in [5.74, 6) is -0.101. The minimum absolute atomic E-state index is 0.101. The third-order valence-electron chi connectivity index (χ3n) is 4.49. The van der Waals surface area contributed by atoms with Crippen LogP contribution in [0.3, 0.4) is 0 Å². The summed E-state index contributed by atoms with van der Waals surface area (Å²) in [4.78, 5) is 2.23. The van der Waals surface area contributed by atoms with Crippen molar-refractivity contribution in [2.45, 2.75) is 51.1 Å². The first-order valence-electron chi connectivity index (χ1n) is 7.86. The van der Waals surface area contributed by atoms with Gasteiger partial charge < -0.3 is 5.32 Å². The minimum atomic E-state index is -0.101. The molecule has 3 heteroatoms. The number of nitrogens with one attached hydrogen (secondary N) is 1. The highest BCUT2D eigenvalue weighted by Crippen LogP contribution is 2.21. The molecule has 1 unspecified atom stereocenters. The van der Waals surface area contributed by atoms with Crippen molar-refractivity contribution in [1.29, 1.82) is 0 Å². The second-order valence-electron chi connectivity index (χ2n) is 5.97. The molecule has 1 saturated carbocycles. The summed E-state index contributed by atoms with van der Waals surface area (Å²) in [5.41, 5.74) is 0.791. The van der Waals surface area contributed by atoms with E-state index in [1.807, 2.05) is 12.1 Å². The van der Waals surface area contributed by atoms with Crippen molar-refractivity contribution in [3.05, 3.63) is 35.6 Å². The van der Waals surface area contributed by atoms with Crippen molar-refractivity contribution in [2.75, 3.05) is 20.1 Å². The summed E-state index contributed by atoms with van der Waals surface area (Å²) in [7, 11) is 2.08. The summed E-state index contributed by atoms with van der Waals surface area (Å²) >= 11 is 0. The van der Waals surface area contributed by atoms with Crippen molar-refractivity contribution in [3.8, 4) is 0 Å². The molecule has 1 aliphatic rings. The highest BCUT2D eigenvalue weighted by molar-refractivity contribution is 5.20. The molecule has 0 aromatic heterocycles. The zero-order valence-electron chi connectivity index (χ0n) is 12.7. The molecule has 0 saturated heterocycles. The lowest BCUT2D eigenvalue weighted by Gasteiger charge is -2.25. The van der Waals surface area contributed by atoms with Crippen LogP contribution in [-0.2, 0) is 0 Å². The Morgan fingerprint density at radius 2 is 2.00 bits per heavy atom. The fraction of sp³-hybridized carbons (Fsp3) is 0.647. The molecule has 0 heterocycles. The molecule has 1 atom stereocenters. The van der Waals surface area contributed by atoms with E-state index in [1.54, 1.807) is 12.1 Å². The second-order valence-corrected chi connectivity index (χ2v) is 5.97. The summed E-state index contributed by atoms with van der Waals surface area (Å²) in [6.45, 7) is 4.14. The molecule has 0 bridgehead atoms. The second kappa shape index (κ2) is 7.75. The van der Waals surface area contributed by atoms with E-state index in [4.69, 9.17) is 0 Å². The lowest BCUT2D eigenvalue weighted by Crippen LogP contribution is -2.31. The highest BCUT2D eigenvalue weighted by Gasteiger charge is 2.16. The molecule has 1 aromatic rings. The van der Waals surface area contributed by atoms with Gasteiger partial charge in [-0.1, -0.05) is 31.0 Å². The van der Waals surface area contributed by atoms with E-state index < -0.39 is 0 Å². The van der Waals surface area contributed by atoms with Crippen LogP contribution in [0.2, 0.25) is 0 Å². The van der Waals surface area contributed by atoms with Crippen molar-refractivity contribution in [3.63, 3.8) is 0 Å². The van der Waals surface area contributed by atoms with Gasteiger partial charge in [0.1, 0.15) is 5.82 Å². The topological polar surface area (TPSA) is 15.3 Å². The smallest absolute Gasteiger partial charge is 0.127 e. The van der Waals surface area contributed by atoms with Gasteiger partial charge in [0.15, 0.2) is 0 Å². The van der Waals surface area contributed by atoms with Gasteiger partial charge in [-0.3, -0.25) is 4.90 Å². The molecule has 0 radical (unpaired) electrons. The molecular weight excluding hydrogens is 251 g/mol. The Bertz CT molecular complexity index is 402. The van der Waals surface area contributed by atoms with Gasteiger partial charge in [-0.15, -0.1) is 0 Å². The van der Waals surface area contributed by atoms with E-state index in [2.05, 4.69) is 24.2 Å². The fourth-order valence-electron chi connectivity index (χ4n) is 3.01. The van der Waals surface area contributed by atoms with Crippen LogP contribution >= 0.6 is 0 Å². The van der Waals surface area contributed by atoms with Crippen LogP contribution in [0.1, 0.15) is 50.6 Å². The molecule has 1 aromatic carbocycles. The average Bonchev–Trinajstić information content (AvgIpc) is 2.96. The zero-order valence-corrected chi connectivity index (χ0v) is 12.7. The summed E-state index contributed by atoms with van der Waals surface area (Å²) < 4.78 is 13.8. The third kappa shape index (κ3) is 4.29. The SMILES string of the molecule is CC(c1ccccc1F)N(C)CCCNC1CCCC1. The molecule has 112 valence electrons. The van der Waals surface area contributed by atoms with Crippen LogP contribution in [0.4, 0.5) is 4.39 Å². The van der Waals surface area contributed by atoms with Crippen LogP contribution in [0.5, 0.6) is 0 Å². The number of rotatable bonds is 7. The van der Waals surface area contributed by atoms with Crippen molar-refractivity contribution in [1.82, 2.24) is 10.2 Å². The molecule has 0 amide bonds. The summed E-state index contributed by atoms with van der Waals surface area (Å²) in [5, 5.41) is 3.63. The van der Waals surface area contributed by atoms with Crippen LogP contribution in [0.15, 0.2) is 24.3 Å². The molecule has 2 nitrogen and oxygen atoms in total. The summed E-state index contributed by atoms with van der Waals surface area (Å²) in [6.07, 6.45) is 6.54. The number of hydrogen-bond donors (Lipinski definition) is 1. The van der Waals surface area contributed by atoms with Crippen LogP contribution in [-0.4, -0.2) is 31.1 Å². The fourth-order valence-corrected chi connectivity index (χ4v) is 3.01. The maximum atomic E-state index is 13.8. The molecule has 2 rings (SSSR count). The van der Waals surface area contributed by atoms with Gasteiger partial charge in [0.2, 0.25) is 0 Å². The van der Waals surface area contributed by atoms with Gasteiger partial charge in [-0.05, 0) is 52.4 Å². The molecular formula is C17H27FN2. The van der Waals surface area contributed by atoms with Crippen molar-refractivity contribution >= 4 is 0 Å². The molecule has 0 aliphatic heterocycles. The Morgan fingerprint density at radius 1 is 1.30 bits per heavy atom. The van der Waals surface area contributed by atoms with Gasteiger partial charge in [0.05, 0.1) is 0 Å². The minimum Gasteiger partial charge on any atom is -0.314 e. The van der Waals surface area contributed by atoms with Gasteiger partial charge in [0, 0.05) is 17.6 Å². The lowest BCUT2D eigenvalue weighted by atomic mass is 10.1. The number of nitrogens with zero attached hydrogens (tertiary/aromatic N) is 1. The Kier molecular flexibility index (Phi) is 5.99. The van der Waals surface area contributed by atoms with E-state index in [0.717, 1.165) is 31.1 Å². The van der Waals surface area contributed by atoms with E-state index in [1.165, 1.54) is 25.7 Å². The van der Waals surface area contributed by atoms with Gasteiger partial charge >= 0.3 is 0 Å². The monoisotopic (exact) mass is 278 g/mol. The first-order valence-corrected chi connectivity index (χ1v) is 7.86. The molecule has 1 fully saturated rings. The number of halogens is 1. The van der Waals surface area contributed by atoms with Gasteiger partial charge in [0.25, 0.3) is 0 Å². The number of hydrogen-bond acceptors (Lipinski definition) is 2. The largest absolute Gasteiger partial charge is 0.314 e. The van der Waals surface area contributed by atoms with Crippen LogP contribution in [0.25, 0.3) is 0 Å². The zero-order chi connectivity index (χ0) is 14.4. The van der Waals surface area contributed by atoms with Gasteiger partial charge in [-0.2, -0.15) is 0 Å². The highest BCUT2D eigenvalue weighted by atomic mass is 19.1. The molecule has 1 aliphatic carbocycles. The third-order valence-corrected chi connectivity index (χ3v) is 4.49. The predicted molar refractivity (Wildman–Crippen MR) is 82.3 cm³/mol. The first kappa shape index (κ1) is 15.5. The van der Waals surface area contributed by atoms with Crippen molar-refractivity contribution < 1.29 is 4.39 Å². The van der Waals surface area contributed by atoms with Crippen LogP contribution in [0, 0.1) is 5.82 Å². The maximum Gasteiger partial charge on any atom is 0.127 e. The summed E-state index contributed by atoms with van der Waals surface area (Å²) in [6, 6.07) is 7.95. The Morgan fingerprint density at radius 3 is 2.70 bits per heavy atom. The van der Waals surface area contributed by atoms with E-state index >= 15 is 0 Å². The lowest BCUT2D eigenvalue weighted by molar-refractivity contribution is 0.251. The normalized spacial score (nSPS) is 17.8.